The minimum absolute atomic E-state index is 0.461. The van der Waals surface area contributed by atoms with Crippen molar-refractivity contribution >= 4 is 11.9 Å². The number of allylic oxidation sites excluding steroid dienone is 1. The number of unbranched alkanes of at least 4 members (excludes halogenated alkanes) is 3. The lowest BCUT2D eigenvalue weighted by atomic mass is 10.1. The third-order valence-electron chi connectivity index (χ3n) is 2.19. The van der Waals surface area contributed by atoms with E-state index >= 15 is 0 Å². The van der Waals surface area contributed by atoms with Crippen molar-refractivity contribution in [1.29, 1.82) is 0 Å². The Morgan fingerprint density at radius 1 is 1.06 bits per heavy atom. The van der Waals surface area contributed by atoms with Crippen molar-refractivity contribution in [3.63, 3.8) is 0 Å². The van der Waals surface area contributed by atoms with Gasteiger partial charge in [0.15, 0.2) is 0 Å². The normalized spacial score (nSPS) is 11.5. The molecule has 0 N–H and O–H groups in total. The van der Waals surface area contributed by atoms with Gasteiger partial charge in [-0.1, -0.05) is 25.8 Å². The first-order chi connectivity index (χ1) is 7.97. The highest BCUT2D eigenvalue weighted by Gasteiger charge is 2.16. The van der Waals surface area contributed by atoms with Gasteiger partial charge < -0.3 is 9.47 Å². The summed E-state index contributed by atoms with van der Waals surface area (Å²) in [4.78, 5) is 21.8. The Morgan fingerprint density at radius 3 is 2.00 bits per heavy atom. The van der Waals surface area contributed by atoms with Crippen LogP contribution in [-0.2, 0) is 19.1 Å². The van der Waals surface area contributed by atoms with Crippen LogP contribution < -0.4 is 0 Å². The summed E-state index contributed by atoms with van der Waals surface area (Å²) in [6.07, 6.45) is 5.37. The van der Waals surface area contributed by atoms with E-state index in [1.54, 1.807) is 6.92 Å². The Bertz CT molecular complexity index is 265. The third-order valence-corrected chi connectivity index (χ3v) is 2.19. The number of hydrogen-bond donors (Lipinski definition) is 0. The fraction of sp³-hybridized carbons (Fsp3) is 0.692. The highest BCUT2D eigenvalue weighted by molar-refractivity contribution is 5.68. The monoisotopic (exact) mass is 242 g/mol. The van der Waals surface area contributed by atoms with Gasteiger partial charge in [0.25, 0.3) is 6.29 Å². The Morgan fingerprint density at radius 2 is 1.59 bits per heavy atom. The van der Waals surface area contributed by atoms with Crippen molar-refractivity contribution < 1.29 is 19.1 Å². The molecule has 0 aliphatic carbocycles. The molecule has 0 saturated heterocycles. The SMILES string of the molecule is CCCCCC=C(C)C(OC(C)=O)OC(C)=O. The first kappa shape index (κ1) is 15.7. The lowest BCUT2D eigenvalue weighted by Crippen LogP contribution is -2.23. The molecule has 0 unspecified atom stereocenters. The van der Waals surface area contributed by atoms with Crippen LogP contribution in [0.5, 0.6) is 0 Å². The number of hydrogen-bond acceptors (Lipinski definition) is 4. The first-order valence-corrected chi connectivity index (χ1v) is 5.98. The van der Waals surface area contributed by atoms with Gasteiger partial charge in [0, 0.05) is 19.4 Å². The van der Waals surface area contributed by atoms with Gasteiger partial charge >= 0.3 is 11.9 Å². The van der Waals surface area contributed by atoms with Gasteiger partial charge in [-0.3, -0.25) is 9.59 Å². The van der Waals surface area contributed by atoms with E-state index < -0.39 is 18.2 Å². The number of ether oxygens (including phenoxy) is 2. The molecule has 0 aliphatic heterocycles. The van der Waals surface area contributed by atoms with E-state index in [-0.39, 0.29) is 0 Å². The molecule has 98 valence electrons. The molecule has 4 nitrogen and oxygen atoms in total. The van der Waals surface area contributed by atoms with Gasteiger partial charge in [0.1, 0.15) is 0 Å². The fourth-order valence-corrected chi connectivity index (χ4v) is 1.33. The van der Waals surface area contributed by atoms with Crippen molar-refractivity contribution in [3.8, 4) is 0 Å². The molecule has 17 heavy (non-hydrogen) atoms. The van der Waals surface area contributed by atoms with Crippen molar-refractivity contribution in [2.45, 2.75) is 59.7 Å². The number of esters is 2. The Labute approximate surface area is 103 Å². The molecule has 0 atom stereocenters. The van der Waals surface area contributed by atoms with Gasteiger partial charge in [0.05, 0.1) is 0 Å². The van der Waals surface area contributed by atoms with E-state index in [1.165, 1.54) is 13.8 Å². The van der Waals surface area contributed by atoms with Crippen LogP contribution in [0.25, 0.3) is 0 Å². The summed E-state index contributed by atoms with van der Waals surface area (Å²) >= 11 is 0. The van der Waals surface area contributed by atoms with Crippen LogP contribution in [0.3, 0.4) is 0 Å². The van der Waals surface area contributed by atoms with Crippen LogP contribution in [0.15, 0.2) is 11.6 Å². The van der Waals surface area contributed by atoms with E-state index in [4.69, 9.17) is 9.47 Å². The molecule has 0 heterocycles. The second kappa shape index (κ2) is 8.79. The van der Waals surface area contributed by atoms with Crippen molar-refractivity contribution in [3.05, 3.63) is 11.6 Å². The predicted molar refractivity (Wildman–Crippen MR) is 65.2 cm³/mol. The van der Waals surface area contributed by atoms with Gasteiger partial charge in [-0.2, -0.15) is 0 Å². The predicted octanol–water partition coefficient (Wildman–Crippen LogP) is 2.97. The molecule has 0 saturated carbocycles. The van der Waals surface area contributed by atoms with Gasteiger partial charge in [-0.05, 0) is 19.8 Å². The number of rotatable bonds is 7. The smallest absolute Gasteiger partial charge is 0.305 e. The Balaban J connectivity index is 4.33. The molecule has 4 heteroatoms. The molecule has 0 amide bonds. The van der Waals surface area contributed by atoms with Gasteiger partial charge in [0.2, 0.25) is 0 Å². The van der Waals surface area contributed by atoms with Crippen molar-refractivity contribution in [2.75, 3.05) is 0 Å². The van der Waals surface area contributed by atoms with Crippen LogP contribution >= 0.6 is 0 Å². The number of carbonyl (C=O) groups is 2. The molecule has 0 fully saturated rings. The summed E-state index contributed by atoms with van der Waals surface area (Å²) < 4.78 is 9.86. The Kier molecular flexibility index (Phi) is 8.11. The highest BCUT2D eigenvalue weighted by atomic mass is 16.7. The molecule has 0 radical (unpaired) electrons. The second-order valence-electron chi connectivity index (χ2n) is 3.99. The number of carbonyl (C=O) groups excluding carboxylic acids is 2. The zero-order valence-corrected chi connectivity index (χ0v) is 11.1. The van der Waals surface area contributed by atoms with E-state index in [1.807, 2.05) is 6.08 Å². The maximum absolute atomic E-state index is 10.9. The molecule has 0 rings (SSSR count). The second-order valence-corrected chi connectivity index (χ2v) is 3.99. The summed E-state index contributed by atoms with van der Waals surface area (Å²) in [7, 11) is 0. The topological polar surface area (TPSA) is 52.6 Å². The van der Waals surface area contributed by atoms with Crippen LogP contribution in [-0.4, -0.2) is 18.2 Å². The minimum atomic E-state index is -0.883. The van der Waals surface area contributed by atoms with Crippen LogP contribution in [0.1, 0.15) is 53.4 Å². The molecule has 0 spiro atoms. The maximum atomic E-state index is 10.9. The molecular weight excluding hydrogens is 220 g/mol. The lowest BCUT2D eigenvalue weighted by molar-refractivity contribution is -0.178. The molecule has 0 aliphatic rings. The zero-order valence-electron chi connectivity index (χ0n) is 11.1. The van der Waals surface area contributed by atoms with E-state index in [9.17, 15) is 9.59 Å². The van der Waals surface area contributed by atoms with E-state index in [0.717, 1.165) is 31.3 Å². The van der Waals surface area contributed by atoms with Crippen LogP contribution in [0, 0.1) is 0 Å². The molecular formula is C13H22O4. The summed E-state index contributed by atoms with van der Waals surface area (Å²) in [5, 5.41) is 0. The van der Waals surface area contributed by atoms with Gasteiger partial charge in [-0.25, -0.2) is 0 Å². The molecule has 0 aromatic carbocycles. The van der Waals surface area contributed by atoms with Crippen LogP contribution in [0.2, 0.25) is 0 Å². The summed E-state index contributed by atoms with van der Waals surface area (Å²) in [5.74, 6) is -0.921. The minimum Gasteiger partial charge on any atom is -0.421 e. The Hall–Kier alpha value is -1.32. The van der Waals surface area contributed by atoms with Crippen LogP contribution in [0.4, 0.5) is 0 Å². The lowest BCUT2D eigenvalue weighted by Gasteiger charge is -2.17. The van der Waals surface area contributed by atoms with Crippen molar-refractivity contribution in [2.24, 2.45) is 0 Å². The average molecular weight is 242 g/mol. The highest BCUT2D eigenvalue weighted by Crippen LogP contribution is 2.12. The quantitative estimate of drug-likeness (QED) is 0.298. The van der Waals surface area contributed by atoms with Crippen molar-refractivity contribution in [1.82, 2.24) is 0 Å². The maximum Gasteiger partial charge on any atom is 0.305 e. The fourth-order valence-electron chi connectivity index (χ4n) is 1.33. The largest absolute Gasteiger partial charge is 0.421 e. The molecule has 0 aromatic heterocycles. The zero-order chi connectivity index (χ0) is 13.3. The summed E-state index contributed by atoms with van der Waals surface area (Å²) in [6.45, 7) is 6.52. The first-order valence-electron chi connectivity index (χ1n) is 5.98. The summed E-state index contributed by atoms with van der Waals surface area (Å²) in [6, 6.07) is 0. The third kappa shape index (κ3) is 8.48. The van der Waals surface area contributed by atoms with E-state index in [2.05, 4.69) is 6.92 Å². The molecule has 0 aromatic rings. The standard InChI is InChI=1S/C13H22O4/c1-5-6-7-8-9-10(2)13(16-11(3)14)17-12(4)15/h9,13H,5-8H2,1-4H3. The van der Waals surface area contributed by atoms with E-state index in [0.29, 0.717) is 0 Å². The van der Waals surface area contributed by atoms with Gasteiger partial charge in [-0.15, -0.1) is 0 Å². The average Bonchev–Trinajstić information content (AvgIpc) is 2.22. The summed E-state index contributed by atoms with van der Waals surface area (Å²) in [5.41, 5.74) is 0.756. The molecule has 0 bridgehead atoms.